The highest BCUT2D eigenvalue weighted by molar-refractivity contribution is 6.30. The quantitative estimate of drug-likeness (QED) is 0.754. The fourth-order valence-corrected chi connectivity index (χ4v) is 2.07. The summed E-state index contributed by atoms with van der Waals surface area (Å²) in [5.74, 6) is -0.340. The Morgan fingerprint density at radius 2 is 2.18 bits per heavy atom. The van der Waals surface area contributed by atoms with Gasteiger partial charge >= 0.3 is 0 Å². The first kappa shape index (κ1) is 14.4. The van der Waals surface area contributed by atoms with Crippen LogP contribution in [0.3, 0.4) is 0 Å². The van der Waals surface area contributed by atoms with Gasteiger partial charge in [-0.25, -0.2) is 4.39 Å². The van der Waals surface area contributed by atoms with Crippen LogP contribution in [-0.2, 0) is 11.2 Å². The molecule has 0 saturated carbocycles. The predicted octanol–water partition coefficient (Wildman–Crippen LogP) is 4.18. The van der Waals surface area contributed by atoms with E-state index in [2.05, 4.69) is 0 Å². The summed E-state index contributed by atoms with van der Waals surface area (Å²) in [6.45, 7) is 2.17. The van der Waals surface area contributed by atoms with Crippen LogP contribution in [0, 0.1) is 12.7 Å². The molecule has 2 nitrogen and oxygen atoms in total. The minimum Gasteiger partial charge on any atom is -0.673 e. The molecule has 0 aromatic heterocycles. The monoisotopic (exact) mass is 258 g/mol. The SMILES string of the molecule is COC[C@H]([NH-])CCCc1cc(C)c(F)c(Cl)c1. The summed E-state index contributed by atoms with van der Waals surface area (Å²) >= 11 is 5.78. The third kappa shape index (κ3) is 4.62. The van der Waals surface area contributed by atoms with Crippen molar-refractivity contribution in [2.75, 3.05) is 13.7 Å². The summed E-state index contributed by atoms with van der Waals surface area (Å²) in [5.41, 5.74) is 9.25. The Morgan fingerprint density at radius 3 is 2.76 bits per heavy atom. The van der Waals surface area contributed by atoms with Crippen LogP contribution in [0.2, 0.25) is 5.02 Å². The molecule has 1 aromatic carbocycles. The lowest BCUT2D eigenvalue weighted by Gasteiger charge is -2.18. The highest BCUT2D eigenvalue weighted by atomic mass is 35.5. The molecule has 96 valence electrons. The summed E-state index contributed by atoms with van der Waals surface area (Å²) in [5, 5.41) is 0.180. The number of rotatable bonds is 6. The van der Waals surface area contributed by atoms with Crippen LogP contribution in [0.15, 0.2) is 12.1 Å². The molecule has 1 N–H and O–H groups in total. The van der Waals surface area contributed by atoms with Crippen LogP contribution in [-0.4, -0.2) is 19.8 Å². The van der Waals surface area contributed by atoms with Crippen LogP contribution < -0.4 is 0 Å². The number of ether oxygens (including phenoxy) is 1. The van der Waals surface area contributed by atoms with Gasteiger partial charge < -0.3 is 10.5 Å². The molecule has 1 atom stereocenters. The zero-order valence-corrected chi connectivity index (χ0v) is 11.0. The molecule has 0 heterocycles. The van der Waals surface area contributed by atoms with Gasteiger partial charge in [0, 0.05) is 13.7 Å². The van der Waals surface area contributed by atoms with Crippen LogP contribution in [0.5, 0.6) is 0 Å². The van der Waals surface area contributed by atoms with Crippen molar-refractivity contribution < 1.29 is 9.13 Å². The Labute approximate surface area is 107 Å². The van der Waals surface area contributed by atoms with E-state index in [1.54, 1.807) is 20.1 Å². The molecule has 0 aliphatic carbocycles. The number of nitrogens with one attached hydrogen (secondary N) is 1. The second kappa shape index (κ2) is 6.94. The van der Waals surface area contributed by atoms with Gasteiger partial charge in [0.05, 0.1) is 5.02 Å². The van der Waals surface area contributed by atoms with Crippen LogP contribution in [0.25, 0.3) is 5.73 Å². The van der Waals surface area contributed by atoms with Gasteiger partial charge in [-0.15, -0.1) is 6.04 Å². The molecule has 0 fully saturated rings. The average Bonchev–Trinajstić information content (AvgIpc) is 2.26. The largest absolute Gasteiger partial charge is 0.673 e. The van der Waals surface area contributed by atoms with E-state index in [0.29, 0.717) is 12.2 Å². The maximum absolute atomic E-state index is 13.3. The van der Waals surface area contributed by atoms with Crippen molar-refractivity contribution in [3.63, 3.8) is 0 Å². The van der Waals surface area contributed by atoms with Gasteiger partial charge in [0.25, 0.3) is 0 Å². The maximum atomic E-state index is 13.3. The zero-order chi connectivity index (χ0) is 12.8. The lowest BCUT2D eigenvalue weighted by Crippen LogP contribution is -2.09. The number of hydrogen-bond donors (Lipinski definition) is 0. The average molecular weight is 259 g/mol. The van der Waals surface area contributed by atoms with E-state index in [-0.39, 0.29) is 16.9 Å². The van der Waals surface area contributed by atoms with Crippen molar-refractivity contribution in [2.45, 2.75) is 32.2 Å². The standard InChI is InChI=1S/C13H18ClFNO/c1-9-6-10(7-12(14)13(9)15)4-3-5-11(16)8-17-2/h6-7,11,16H,3-5,8H2,1-2H3/q-1/t11-/m1/s1. The lowest BCUT2D eigenvalue weighted by atomic mass is 10.0. The summed E-state index contributed by atoms with van der Waals surface area (Å²) in [4.78, 5) is 0. The van der Waals surface area contributed by atoms with Gasteiger partial charge in [0.1, 0.15) is 5.82 Å². The van der Waals surface area contributed by atoms with E-state index in [1.165, 1.54) is 0 Å². The van der Waals surface area contributed by atoms with Gasteiger partial charge in [-0.3, -0.25) is 0 Å². The van der Waals surface area contributed by atoms with Gasteiger partial charge in [0.2, 0.25) is 0 Å². The first-order valence-corrected chi connectivity index (χ1v) is 6.07. The van der Waals surface area contributed by atoms with Crippen LogP contribution in [0.4, 0.5) is 4.39 Å². The molecule has 0 radical (unpaired) electrons. The molecule has 0 spiro atoms. The molecule has 4 heteroatoms. The molecule has 0 unspecified atom stereocenters. The Bertz CT molecular complexity index is 347. The molecular formula is C13H18ClFNO-. The molecule has 1 rings (SSSR count). The van der Waals surface area contributed by atoms with Gasteiger partial charge in [-0.2, -0.15) is 0 Å². The first-order valence-electron chi connectivity index (χ1n) is 5.69. The van der Waals surface area contributed by atoms with Crippen LogP contribution >= 0.6 is 11.6 Å². The maximum Gasteiger partial charge on any atom is 0.144 e. The van der Waals surface area contributed by atoms with Crippen molar-refractivity contribution in [2.24, 2.45) is 0 Å². The number of benzene rings is 1. The van der Waals surface area contributed by atoms with Crippen molar-refractivity contribution in [1.29, 1.82) is 0 Å². The Kier molecular flexibility index (Phi) is 5.89. The van der Waals surface area contributed by atoms with Crippen molar-refractivity contribution in [1.82, 2.24) is 0 Å². The number of aryl methyl sites for hydroxylation is 2. The van der Waals surface area contributed by atoms with Crippen molar-refractivity contribution in [3.05, 3.63) is 39.8 Å². The third-order valence-electron chi connectivity index (χ3n) is 2.66. The highest BCUT2D eigenvalue weighted by Gasteiger charge is 2.05. The molecule has 0 saturated heterocycles. The Balaban J connectivity index is 2.47. The van der Waals surface area contributed by atoms with E-state index >= 15 is 0 Å². The normalized spacial score (nSPS) is 12.8. The third-order valence-corrected chi connectivity index (χ3v) is 2.93. The van der Waals surface area contributed by atoms with E-state index in [4.69, 9.17) is 22.1 Å². The van der Waals surface area contributed by atoms with Crippen molar-refractivity contribution >= 4 is 11.6 Å². The number of halogens is 2. The zero-order valence-electron chi connectivity index (χ0n) is 10.2. The minimum atomic E-state index is -0.340. The summed E-state index contributed by atoms with van der Waals surface area (Å²) in [6.07, 6.45) is 2.49. The predicted molar refractivity (Wildman–Crippen MR) is 69.1 cm³/mol. The van der Waals surface area contributed by atoms with Crippen molar-refractivity contribution in [3.8, 4) is 0 Å². The van der Waals surface area contributed by atoms with E-state index in [9.17, 15) is 4.39 Å². The summed E-state index contributed by atoms with van der Waals surface area (Å²) in [6, 6.07) is 3.30. The first-order chi connectivity index (χ1) is 8.04. The minimum absolute atomic E-state index is 0.180. The second-order valence-corrected chi connectivity index (χ2v) is 4.66. The topological polar surface area (TPSA) is 33.0 Å². The smallest absolute Gasteiger partial charge is 0.144 e. The van der Waals surface area contributed by atoms with Crippen LogP contribution in [0.1, 0.15) is 24.0 Å². The fraction of sp³-hybridized carbons (Fsp3) is 0.538. The highest BCUT2D eigenvalue weighted by Crippen LogP contribution is 2.21. The van der Waals surface area contributed by atoms with E-state index in [0.717, 1.165) is 24.8 Å². The summed E-state index contributed by atoms with van der Waals surface area (Å²) in [7, 11) is 1.60. The molecule has 0 aliphatic rings. The Hall–Kier alpha value is -0.640. The molecule has 0 amide bonds. The number of hydrogen-bond acceptors (Lipinski definition) is 1. The van der Waals surface area contributed by atoms with Gasteiger partial charge in [0.15, 0.2) is 0 Å². The molecule has 1 aromatic rings. The fourth-order valence-electron chi connectivity index (χ4n) is 1.78. The van der Waals surface area contributed by atoms with Gasteiger partial charge in [-0.05, 0) is 30.5 Å². The molecule has 17 heavy (non-hydrogen) atoms. The summed E-state index contributed by atoms with van der Waals surface area (Å²) < 4.78 is 18.2. The second-order valence-electron chi connectivity index (χ2n) is 4.25. The Morgan fingerprint density at radius 1 is 1.47 bits per heavy atom. The van der Waals surface area contributed by atoms with E-state index in [1.807, 2.05) is 6.07 Å². The molecular weight excluding hydrogens is 241 g/mol. The van der Waals surface area contributed by atoms with Gasteiger partial charge in [-0.1, -0.05) is 30.5 Å². The number of methoxy groups -OCH3 is 1. The lowest BCUT2D eigenvalue weighted by molar-refractivity contribution is 0.187. The van der Waals surface area contributed by atoms with E-state index < -0.39 is 0 Å². The molecule has 0 bridgehead atoms. The molecule has 0 aliphatic heterocycles.